The van der Waals surface area contributed by atoms with Crippen LogP contribution >= 0.6 is 0 Å². The molecular weight excluding hydrogens is 560 g/mol. The molecule has 0 unspecified atom stereocenters. The van der Waals surface area contributed by atoms with E-state index < -0.39 is 6.04 Å². The Hall–Kier alpha value is -4.75. The molecule has 3 heterocycles. The summed E-state index contributed by atoms with van der Waals surface area (Å²) in [6.45, 7) is 6.57. The van der Waals surface area contributed by atoms with Crippen LogP contribution in [0.25, 0.3) is 6.08 Å². The van der Waals surface area contributed by atoms with Crippen molar-refractivity contribution in [1.82, 2.24) is 14.8 Å². The van der Waals surface area contributed by atoms with Gasteiger partial charge in [0.1, 0.15) is 6.04 Å². The number of aromatic nitrogens is 1. The fourth-order valence-corrected chi connectivity index (χ4v) is 6.08. The Labute approximate surface area is 265 Å². The van der Waals surface area contributed by atoms with Gasteiger partial charge >= 0.3 is 0 Å². The summed E-state index contributed by atoms with van der Waals surface area (Å²) in [4.78, 5) is 39.0. The van der Waals surface area contributed by atoms with Crippen LogP contribution in [-0.4, -0.2) is 65.5 Å². The van der Waals surface area contributed by atoms with E-state index in [2.05, 4.69) is 52.3 Å². The van der Waals surface area contributed by atoms with E-state index >= 15 is 0 Å². The SMILES string of the molecule is Cc1ccc(C=CC(=O)N(Cc2ccc(N3CCOCC3)cc2)[C@@H](Cc2ccccc2)C(=O)N2CCc3ccccc3C2)cn1. The van der Waals surface area contributed by atoms with Crippen LogP contribution in [-0.2, 0) is 40.3 Å². The molecule has 1 fully saturated rings. The van der Waals surface area contributed by atoms with Crippen molar-refractivity contribution >= 4 is 23.6 Å². The third kappa shape index (κ3) is 7.67. The molecule has 230 valence electrons. The minimum Gasteiger partial charge on any atom is -0.378 e. The van der Waals surface area contributed by atoms with Gasteiger partial charge in [-0.15, -0.1) is 0 Å². The number of carbonyl (C=O) groups excluding carboxylic acids is 2. The van der Waals surface area contributed by atoms with Gasteiger partial charge in [0.05, 0.1) is 13.2 Å². The molecule has 2 aliphatic heterocycles. The Morgan fingerprint density at radius 2 is 1.60 bits per heavy atom. The lowest BCUT2D eigenvalue weighted by Gasteiger charge is -2.37. The summed E-state index contributed by atoms with van der Waals surface area (Å²) >= 11 is 0. The molecule has 4 aromatic rings. The van der Waals surface area contributed by atoms with Gasteiger partial charge in [-0.25, -0.2) is 0 Å². The number of fused-ring (bicyclic) bond motifs is 1. The normalized spacial score (nSPS) is 15.5. The van der Waals surface area contributed by atoms with Crippen LogP contribution in [0, 0.1) is 6.92 Å². The van der Waals surface area contributed by atoms with Gasteiger partial charge in [-0.2, -0.15) is 0 Å². The third-order valence-electron chi connectivity index (χ3n) is 8.68. The van der Waals surface area contributed by atoms with Crippen molar-refractivity contribution in [3.8, 4) is 0 Å². The average Bonchev–Trinajstić information content (AvgIpc) is 3.10. The molecule has 0 radical (unpaired) electrons. The van der Waals surface area contributed by atoms with Gasteiger partial charge in [-0.1, -0.05) is 72.8 Å². The summed E-state index contributed by atoms with van der Waals surface area (Å²) in [5.74, 6) is -0.239. The van der Waals surface area contributed by atoms with Crippen molar-refractivity contribution in [1.29, 1.82) is 0 Å². The molecule has 1 atom stereocenters. The van der Waals surface area contributed by atoms with Crippen molar-refractivity contribution in [3.05, 3.63) is 137 Å². The summed E-state index contributed by atoms with van der Waals surface area (Å²) in [6.07, 6.45) is 6.34. The first-order valence-electron chi connectivity index (χ1n) is 15.8. The fourth-order valence-electron chi connectivity index (χ4n) is 6.08. The number of morpholine rings is 1. The van der Waals surface area contributed by atoms with E-state index in [1.54, 1.807) is 23.2 Å². The van der Waals surface area contributed by atoms with Crippen LogP contribution in [0.2, 0.25) is 0 Å². The van der Waals surface area contributed by atoms with Crippen LogP contribution in [0.1, 0.15) is 33.5 Å². The molecule has 0 bridgehead atoms. The molecule has 1 saturated heterocycles. The highest BCUT2D eigenvalue weighted by molar-refractivity contribution is 5.95. The number of amides is 2. The largest absolute Gasteiger partial charge is 0.378 e. The Kier molecular flexibility index (Phi) is 9.66. The van der Waals surface area contributed by atoms with Crippen molar-refractivity contribution in [2.75, 3.05) is 37.7 Å². The molecule has 6 rings (SSSR count). The molecule has 0 spiro atoms. The standard InChI is InChI=1S/C38H40N4O3/c1-29-11-12-31(26-39-29)15-18-37(43)42(27-32-13-16-35(17-14-32)40-21-23-45-24-22-40)36(25-30-7-3-2-4-8-30)38(44)41-20-19-33-9-5-6-10-34(33)28-41/h2-18,26,36H,19-25,27-28H2,1H3/t36-/m0/s1. The minimum atomic E-state index is -0.676. The summed E-state index contributed by atoms with van der Waals surface area (Å²) in [5, 5.41) is 0. The van der Waals surface area contributed by atoms with Crippen LogP contribution in [0.3, 0.4) is 0 Å². The molecule has 7 nitrogen and oxygen atoms in total. The molecule has 0 N–H and O–H groups in total. The number of benzene rings is 3. The van der Waals surface area contributed by atoms with Gasteiger partial charge in [0, 0.05) is 62.8 Å². The third-order valence-corrected chi connectivity index (χ3v) is 8.68. The van der Waals surface area contributed by atoms with Gasteiger partial charge in [0.2, 0.25) is 11.8 Å². The first-order valence-corrected chi connectivity index (χ1v) is 15.8. The molecular formula is C38H40N4O3. The van der Waals surface area contributed by atoms with Gasteiger partial charge in [-0.3, -0.25) is 14.6 Å². The Bertz CT molecular complexity index is 1610. The van der Waals surface area contributed by atoms with Crippen LogP contribution < -0.4 is 4.90 Å². The fraction of sp³-hybridized carbons (Fsp3) is 0.289. The maximum Gasteiger partial charge on any atom is 0.247 e. The van der Waals surface area contributed by atoms with Crippen molar-refractivity contribution < 1.29 is 14.3 Å². The van der Waals surface area contributed by atoms with E-state index in [4.69, 9.17) is 4.74 Å². The topological polar surface area (TPSA) is 66.0 Å². The number of hydrogen-bond acceptors (Lipinski definition) is 5. The zero-order chi connectivity index (χ0) is 31.0. The van der Waals surface area contributed by atoms with Crippen molar-refractivity contribution in [2.24, 2.45) is 0 Å². The second kappa shape index (κ2) is 14.4. The van der Waals surface area contributed by atoms with E-state index in [1.165, 1.54) is 11.1 Å². The summed E-state index contributed by atoms with van der Waals surface area (Å²) in [7, 11) is 0. The van der Waals surface area contributed by atoms with E-state index in [0.717, 1.165) is 60.8 Å². The molecule has 1 aromatic heterocycles. The average molecular weight is 601 g/mol. The predicted molar refractivity (Wildman–Crippen MR) is 178 cm³/mol. The lowest BCUT2D eigenvalue weighted by atomic mass is 9.97. The van der Waals surface area contributed by atoms with Crippen molar-refractivity contribution in [2.45, 2.75) is 38.9 Å². The van der Waals surface area contributed by atoms with Crippen LogP contribution in [0.5, 0.6) is 0 Å². The van der Waals surface area contributed by atoms with E-state index in [9.17, 15) is 9.59 Å². The molecule has 3 aromatic carbocycles. The Morgan fingerprint density at radius 3 is 2.33 bits per heavy atom. The number of nitrogens with zero attached hydrogens (tertiary/aromatic N) is 4. The predicted octanol–water partition coefficient (Wildman–Crippen LogP) is 5.46. The molecule has 0 saturated carbocycles. The van der Waals surface area contributed by atoms with Crippen molar-refractivity contribution in [3.63, 3.8) is 0 Å². The number of ether oxygens (including phenoxy) is 1. The maximum absolute atomic E-state index is 14.5. The van der Waals surface area contributed by atoms with Crippen LogP contribution in [0.15, 0.2) is 103 Å². The first-order chi connectivity index (χ1) is 22.0. The van der Waals surface area contributed by atoms with E-state index in [-0.39, 0.29) is 11.8 Å². The van der Waals surface area contributed by atoms with E-state index in [0.29, 0.717) is 26.1 Å². The maximum atomic E-state index is 14.5. The quantitative estimate of drug-likeness (QED) is 0.239. The molecule has 0 aliphatic carbocycles. The van der Waals surface area contributed by atoms with Gasteiger partial charge in [0.15, 0.2) is 0 Å². The zero-order valence-corrected chi connectivity index (χ0v) is 25.8. The number of anilines is 1. The second-order valence-electron chi connectivity index (χ2n) is 11.8. The number of hydrogen-bond donors (Lipinski definition) is 0. The molecule has 7 heteroatoms. The number of aryl methyl sites for hydroxylation is 1. The Balaban J connectivity index is 1.32. The van der Waals surface area contributed by atoms with Crippen LogP contribution in [0.4, 0.5) is 5.69 Å². The second-order valence-corrected chi connectivity index (χ2v) is 11.8. The minimum absolute atomic E-state index is 0.0305. The van der Waals surface area contributed by atoms with Gasteiger partial charge in [0.25, 0.3) is 0 Å². The smallest absolute Gasteiger partial charge is 0.247 e. The monoisotopic (exact) mass is 600 g/mol. The number of carbonyl (C=O) groups is 2. The van der Waals surface area contributed by atoms with Gasteiger partial charge in [-0.05, 0) is 65.4 Å². The summed E-state index contributed by atoms with van der Waals surface area (Å²) in [6, 6.07) is 29.8. The molecule has 2 amide bonds. The highest BCUT2D eigenvalue weighted by atomic mass is 16.5. The Morgan fingerprint density at radius 1 is 0.867 bits per heavy atom. The van der Waals surface area contributed by atoms with E-state index in [1.807, 2.05) is 60.4 Å². The summed E-state index contributed by atoms with van der Waals surface area (Å²) in [5.41, 5.74) is 7.32. The highest BCUT2D eigenvalue weighted by Gasteiger charge is 2.34. The molecule has 45 heavy (non-hydrogen) atoms. The molecule has 2 aliphatic rings. The highest BCUT2D eigenvalue weighted by Crippen LogP contribution is 2.24. The number of rotatable bonds is 9. The lowest BCUT2D eigenvalue weighted by Crippen LogP contribution is -2.52. The summed E-state index contributed by atoms with van der Waals surface area (Å²) < 4.78 is 5.52. The first kappa shape index (κ1) is 30.3. The van der Waals surface area contributed by atoms with Gasteiger partial charge < -0.3 is 19.4 Å². The number of pyridine rings is 1. The zero-order valence-electron chi connectivity index (χ0n) is 25.8. The lowest BCUT2D eigenvalue weighted by molar-refractivity contribution is -0.144.